The van der Waals surface area contributed by atoms with Gasteiger partial charge in [-0.05, 0) is 37.1 Å². The molecule has 3 unspecified atom stereocenters. The van der Waals surface area contributed by atoms with E-state index in [1.165, 1.54) is 0 Å². The van der Waals surface area contributed by atoms with E-state index >= 15 is 0 Å². The number of amides is 3. The topological polar surface area (TPSA) is 70.2 Å². The van der Waals surface area contributed by atoms with Crippen LogP contribution in [-0.4, -0.2) is 35.0 Å². The van der Waals surface area contributed by atoms with Crippen LogP contribution in [0.1, 0.15) is 25.7 Å². The summed E-state index contributed by atoms with van der Waals surface area (Å²) in [7, 11) is 0. The summed E-state index contributed by atoms with van der Waals surface area (Å²) in [6.45, 7) is 0. The highest BCUT2D eigenvalue weighted by atomic mass is 32.2. The van der Waals surface area contributed by atoms with Gasteiger partial charge >= 0.3 is 6.03 Å². The van der Waals surface area contributed by atoms with Gasteiger partial charge in [0, 0.05) is 28.0 Å². The molecule has 3 N–H and O–H groups in total. The second kappa shape index (κ2) is 7.49. The van der Waals surface area contributed by atoms with Gasteiger partial charge in [0.2, 0.25) is 5.91 Å². The summed E-state index contributed by atoms with van der Waals surface area (Å²) in [4.78, 5) is 24.1. The van der Waals surface area contributed by atoms with E-state index in [1.54, 1.807) is 0 Å². The first kappa shape index (κ1) is 16.5. The molecule has 2 aliphatic heterocycles. The molecule has 1 aromatic rings. The number of urea groups is 1. The fourth-order valence-electron chi connectivity index (χ4n) is 3.04. The van der Waals surface area contributed by atoms with E-state index in [0.717, 1.165) is 35.6 Å². The average Bonchev–Trinajstić information content (AvgIpc) is 3.06. The molecule has 2 fully saturated rings. The number of hydrogen-bond acceptors (Lipinski definition) is 4. The van der Waals surface area contributed by atoms with Crippen molar-refractivity contribution in [3.05, 3.63) is 24.3 Å². The molecule has 0 bridgehead atoms. The van der Waals surface area contributed by atoms with Crippen molar-refractivity contribution in [2.45, 2.75) is 47.9 Å². The van der Waals surface area contributed by atoms with E-state index in [9.17, 15) is 9.59 Å². The van der Waals surface area contributed by atoms with E-state index < -0.39 is 0 Å². The number of rotatable bonds is 6. The number of fused-ring (bicyclic) bond motifs is 1. The zero-order valence-electron chi connectivity index (χ0n) is 12.7. The molecule has 3 amide bonds. The predicted molar refractivity (Wildman–Crippen MR) is 96.3 cm³/mol. The highest BCUT2D eigenvalue weighted by molar-refractivity contribution is 8.00. The molecule has 2 aliphatic rings. The standard InChI is InChI=1S/C16H21N3O2S2/c20-14(17-10-5-7-11(22)8-6-10)4-2-1-3-13-15-12(9-23-13)18-16(21)19-15/h5-8,12-13,15,22H,1-4,9H2,(H,17,20)(H2,18,19,21). The molecule has 7 heteroatoms. The highest BCUT2D eigenvalue weighted by Gasteiger charge is 2.42. The largest absolute Gasteiger partial charge is 0.332 e. The van der Waals surface area contributed by atoms with Crippen LogP contribution in [0.2, 0.25) is 0 Å². The maximum atomic E-state index is 11.9. The van der Waals surface area contributed by atoms with Gasteiger partial charge in [0.05, 0.1) is 12.1 Å². The quantitative estimate of drug-likeness (QED) is 0.362. The van der Waals surface area contributed by atoms with Crippen molar-refractivity contribution >= 4 is 42.0 Å². The Morgan fingerprint density at radius 3 is 2.83 bits per heavy atom. The number of anilines is 1. The van der Waals surface area contributed by atoms with Crippen molar-refractivity contribution in [1.29, 1.82) is 0 Å². The third-order valence-electron chi connectivity index (χ3n) is 4.23. The molecule has 0 aromatic heterocycles. The molecular formula is C16H21N3O2S2. The van der Waals surface area contributed by atoms with Crippen molar-refractivity contribution in [3.8, 4) is 0 Å². The van der Waals surface area contributed by atoms with Crippen LogP contribution in [0.15, 0.2) is 29.2 Å². The summed E-state index contributed by atoms with van der Waals surface area (Å²) in [5, 5.41) is 9.30. The molecule has 2 saturated heterocycles. The molecule has 0 radical (unpaired) electrons. The minimum atomic E-state index is -0.0445. The van der Waals surface area contributed by atoms with Crippen LogP contribution in [0.5, 0.6) is 0 Å². The fourth-order valence-corrected chi connectivity index (χ4v) is 4.73. The van der Waals surface area contributed by atoms with Crippen LogP contribution < -0.4 is 16.0 Å². The number of thiol groups is 1. The predicted octanol–water partition coefficient (Wildman–Crippen LogP) is 2.64. The average molecular weight is 351 g/mol. The maximum Gasteiger partial charge on any atom is 0.315 e. The Morgan fingerprint density at radius 2 is 2.04 bits per heavy atom. The van der Waals surface area contributed by atoms with Gasteiger partial charge in [-0.2, -0.15) is 11.8 Å². The van der Waals surface area contributed by atoms with Crippen molar-refractivity contribution in [2.24, 2.45) is 0 Å². The Hall–Kier alpha value is -1.34. The lowest BCUT2D eigenvalue weighted by molar-refractivity contribution is -0.116. The third-order valence-corrected chi connectivity index (χ3v) is 6.04. The van der Waals surface area contributed by atoms with E-state index in [0.29, 0.717) is 11.7 Å². The molecule has 5 nitrogen and oxygen atoms in total. The minimum absolute atomic E-state index is 0.0445. The molecule has 3 rings (SSSR count). The van der Waals surface area contributed by atoms with Crippen LogP contribution in [-0.2, 0) is 4.79 Å². The zero-order chi connectivity index (χ0) is 16.2. The van der Waals surface area contributed by atoms with Gasteiger partial charge in [-0.1, -0.05) is 6.42 Å². The first-order valence-electron chi connectivity index (χ1n) is 7.89. The monoisotopic (exact) mass is 351 g/mol. The summed E-state index contributed by atoms with van der Waals surface area (Å²) in [5.41, 5.74) is 0.807. The molecule has 3 atom stereocenters. The summed E-state index contributed by atoms with van der Waals surface area (Å²) >= 11 is 6.13. The molecule has 0 spiro atoms. The lowest BCUT2D eigenvalue weighted by Gasteiger charge is -2.16. The van der Waals surface area contributed by atoms with Crippen LogP contribution in [0.25, 0.3) is 0 Å². The first-order chi connectivity index (χ1) is 11.1. The Balaban J connectivity index is 1.34. The molecule has 1 aromatic carbocycles. The number of unbranched alkanes of at least 4 members (excludes halogenated alkanes) is 1. The fraction of sp³-hybridized carbons (Fsp3) is 0.500. The molecular weight excluding hydrogens is 330 g/mol. The van der Waals surface area contributed by atoms with Crippen LogP contribution in [0, 0.1) is 0 Å². The highest BCUT2D eigenvalue weighted by Crippen LogP contribution is 2.33. The number of hydrogen-bond donors (Lipinski definition) is 4. The van der Waals surface area contributed by atoms with Crippen molar-refractivity contribution in [3.63, 3.8) is 0 Å². The number of thioether (sulfide) groups is 1. The van der Waals surface area contributed by atoms with Crippen molar-refractivity contribution in [1.82, 2.24) is 10.6 Å². The second-order valence-corrected chi connectivity index (χ2v) is 7.75. The van der Waals surface area contributed by atoms with Crippen molar-refractivity contribution < 1.29 is 9.59 Å². The molecule has 0 saturated carbocycles. The van der Waals surface area contributed by atoms with E-state index in [4.69, 9.17) is 0 Å². The third kappa shape index (κ3) is 4.35. The summed E-state index contributed by atoms with van der Waals surface area (Å²) in [6, 6.07) is 7.90. The van der Waals surface area contributed by atoms with Crippen molar-refractivity contribution in [2.75, 3.05) is 11.1 Å². The van der Waals surface area contributed by atoms with Gasteiger partial charge in [0.15, 0.2) is 0 Å². The van der Waals surface area contributed by atoms with Gasteiger partial charge < -0.3 is 16.0 Å². The molecule has 23 heavy (non-hydrogen) atoms. The Kier molecular flexibility index (Phi) is 5.38. The number of carbonyl (C=O) groups is 2. The second-order valence-electron chi connectivity index (χ2n) is 5.96. The van der Waals surface area contributed by atoms with Gasteiger partial charge in [-0.3, -0.25) is 4.79 Å². The number of nitrogens with one attached hydrogen (secondary N) is 3. The molecule has 124 valence electrons. The Bertz CT molecular complexity index is 579. The van der Waals surface area contributed by atoms with E-state index in [-0.39, 0.29) is 24.0 Å². The summed E-state index contributed by atoms with van der Waals surface area (Å²) in [5.74, 6) is 1.03. The lowest BCUT2D eigenvalue weighted by atomic mass is 10.0. The molecule has 2 heterocycles. The number of carbonyl (C=O) groups excluding carboxylic acids is 2. The summed E-state index contributed by atoms with van der Waals surface area (Å²) in [6.07, 6.45) is 3.43. The van der Waals surface area contributed by atoms with Crippen LogP contribution in [0.4, 0.5) is 10.5 Å². The van der Waals surface area contributed by atoms with Gasteiger partial charge in [0.25, 0.3) is 0 Å². The van der Waals surface area contributed by atoms with E-state index in [2.05, 4.69) is 28.6 Å². The van der Waals surface area contributed by atoms with E-state index in [1.807, 2.05) is 36.0 Å². The minimum Gasteiger partial charge on any atom is -0.332 e. The van der Waals surface area contributed by atoms with Gasteiger partial charge in [-0.25, -0.2) is 4.79 Å². The lowest BCUT2D eigenvalue weighted by Crippen LogP contribution is -2.36. The summed E-state index contributed by atoms with van der Waals surface area (Å²) < 4.78 is 0. The smallest absolute Gasteiger partial charge is 0.315 e. The Labute approximate surface area is 145 Å². The van der Waals surface area contributed by atoms with Gasteiger partial charge in [0.1, 0.15) is 0 Å². The normalized spacial score (nSPS) is 25.6. The maximum absolute atomic E-state index is 11.9. The number of benzene rings is 1. The Morgan fingerprint density at radius 1 is 1.26 bits per heavy atom. The zero-order valence-corrected chi connectivity index (χ0v) is 14.5. The van der Waals surface area contributed by atoms with Crippen LogP contribution in [0.3, 0.4) is 0 Å². The van der Waals surface area contributed by atoms with Crippen LogP contribution >= 0.6 is 24.4 Å². The first-order valence-corrected chi connectivity index (χ1v) is 9.39. The van der Waals surface area contributed by atoms with Gasteiger partial charge in [-0.15, -0.1) is 12.6 Å². The SMILES string of the molecule is O=C(CCCCC1SCC2NC(=O)NC21)Nc1ccc(S)cc1. The molecule has 0 aliphatic carbocycles.